The molecule has 33 heavy (non-hydrogen) atoms. The van der Waals surface area contributed by atoms with Crippen molar-refractivity contribution in [3.8, 4) is 0 Å². The van der Waals surface area contributed by atoms with Crippen LogP contribution in [0, 0.1) is 5.41 Å². The first-order valence-corrected chi connectivity index (χ1v) is 9.25. The first kappa shape index (κ1) is 31.9. The summed E-state index contributed by atoms with van der Waals surface area (Å²) in [6.45, 7) is 0.00143. The molecule has 0 N–H and O–H groups in total. The Morgan fingerprint density at radius 1 is 0.455 bits per heavy atom. The Labute approximate surface area is 177 Å². The zero-order chi connectivity index (χ0) is 26.9. The third-order valence-corrected chi connectivity index (χ3v) is 5.64. The molecule has 0 nitrogen and oxygen atoms in total. The van der Waals surface area contributed by atoms with Gasteiger partial charge in [-0.1, -0.05) is 6.92 Å². The fraction of sp³-hybridized carbons (Fsp3) is 1.00. The van der Waals surface area contributed by atoms with E-state index in [1.165, 1.54) is 0 Å². The van der Waals surface area contributed by atoms with Gasteiger partial charge in [-0.15, -0.1) is 0 Å². The lowest BCUT2D eigenvalue weighted by molar-refractivity contribution is -0.348. The minimum absolute atomic E-state index is 0.642. The predicted octanol–water partition coefficient (Wildman–Crippen LogP) is 9.04. The first-order chi connectivity index (χ1) is 14.2. The second-order valence-electron chi connectivity index (χ2n) is 7.81. The molecular formula is C17H20F16. The molecule has 0 amide bonds. The molecule has 0 bridgehead atoms. The van der Waals surface area contributed by atoms with Crippen LogP contribution in [0.25, 0.3) is 0 Å². The summed E-state index contributed by atoms with van der Waals surface area (Å²) in [5.74, 6) is -5.42. The van der Waals surface area contributed by atoms with Crippen LogP contribution in [0.4, 0.5) is 70.2 Å². The Hall–Kier alpha value is -1.12. The average Bonchev–Trinajstić information content (AvgIpc) is 2.55. The molecule has 16 heteroatoms. The quantitative estimate of drug-likeness (QED) is 0.248. The molecule has 200 valence electrons. The summed E-state index contributed by atoms with van der Waals surface area (Å²) in [5, 5.41) is 0. The van der Waals surface area contributed by atoms with Gasteiger partial charge in [-0.05, 0) is 45.4 Å². The molecule has 0 radical (unpaired) electrons. The minimum atomic E-state index is -6.30. The lowest BCUT2D eigenvalue weighted by Gasteiger charge is -2.39. The number of alkyl halides is 16. The van der Waals surface area contributed by atoms with E-state index < -0.39 is 99.2 Å². The molecule has 0 aliphatic rings. The van der Waals surface area contributed by atoms with Crippen molar-refractivity contribution in [1.29, 1.82) is 0 Å². The molecule has 0 spiro atoms. The SMILES string of the molecule is CCC(F)(CCCC(CCCC(F)(F)C(C)(F)C(F)(F)F)(C(F)(F)F)C(F)(F)F)C(F)(F)F. The average molecular weight is 528 g/mol. The lowest BCUT2D eigenvalue weighted by atomic mass is 9.75. The zero-order valence-corrected chi connectivity index (χ0v) is 17.0. The summed E-state index contributed by atoms with van der Waals surface area (Å²) < 4.78 is 210. The third-order valence-electron chi connectivity index (χ3n) is 5.64. The molecule has 0 saturated heterocycles. The van der Waals surface area contributed by atoms with Crippen molar-refractivity contribution in [2.75, 3.05) is 0 Å². The lowest BCUT2D eigenvalue weighted by Crippen LogP contribution is -2.53. The maximum Gasteiger partial charge on any atom is 0.428 e. The van der Waals surface area contributed by atoms with Crippen molar-refractivity contribution < 1.29 is 70.2 Å². The Balaban J connectivity index is 5.85. The zero-order valence-electron chi connectivity index (χ0n) is 17.0. The van der Waals surface area contributed by atoms with E-state index in [2.05, 4.69) is 0 Å². The Morgan fingerprint density at radius 3 is 1.09 bits per heavy atom. The predicted molar refractivity (Wildman–Crippen MR) is 82.9 cm³/mol. The van der Waals surface area contributed by atoms with Crippen molar-refractivity contribution in [3.63, 3.8) is 0 Å². The number of rotatable bonds is 10. The second kappa shape index (κ2) is 9.50. The van der Waals surface area contributed by atoms with E-state index >= 15 is 0 Å². The third kappa shape index (κ3) is 6.51. The highest BCUT2D eigenvalue weighted by atomic mass is 19.4. The largest absolute Gasteiger partial charge is 0.428 e. The maximum atomic E-state index is 13.9. The van der Waals surface area contributed by atoms with Crippen LogP contribution in [0.1, 0.15) is 58.8 Å². The van der Waals surface area contributed by atoms with Crippen LogP contribution in [-0.2, 0) is 0 Å². The fourth-order valence-electron chi connectivity index (χ4n) is 3.10. The summed E-state index contributed by atoms with van der Waals surface area (Å²) in [7, 11) is 0. The number of hydrogen-bond acceptors (Lipinski definition) is 0. The molecule has 0 aliphatic carbocycles. The van der Waals surface area contributed by atoms with Gasteiger partial charge in [0, 0.05) is 6.42 Å². The molecule has 0 fully saturated rings. The molecule has 0 aliphatic heterocycles. The van der Waals surface area contributed by atoms with Gasteiger partial charge in [0.25, 0.3) is 11.6 Å². The summed E-state index contributed by atoms with van der Waals surface area (Å²) in [4.78, 5) is 0. The van der Waals surface area contributed by atoms with Crippen LogP contribution in [-0.4, -0.2) is 42.0 Å². The van der Waals surface area contributed by atoms with Gasteiger partial charge in [-0.2, -0.15) is 52.7 Å². The highest BCUT2D eigenvalue weighted by Crippen LogP contribution is 2.58. The van der Waals surface area contributed by atoms with Gasteiger partial charge in [-0.3, -0.25) is 0 Å². The van der Waals surface area contributed by atoms with Gasteiger partial charge >= 0.3 is 24.7 Å². The highest BCUT2D eigenvalue weighted by Gasteiger charge is 2.71. The summed E-state index contributed by atoms with van der Waals surface area (Å²) >= 11 is 0. The van der Waals surface area contributed by atoms with E-state index in [0.717, 1.165) is 0 Å². The van der Waals surface area contributed by atoms with Crippen molar-refractivity contribution in [2.24, 2.45) is 5.41 Å². The molecule has 2 atom stereocenters. The van der Waals surface area contributed by atoms with Crippen LogP contribution >= 0.6 is 0 Å². The van der Waals surface area contributed by atoms with Gasteiger partial charge in [0.15, 0.2) is 5.41 Å². The standard InChI is InChI=1S/C17H20F16/c1-3-12(19,17(31,32)33)8-4-6-11(15(25,26)27,16(28,29)30)7-5-9-13(20,21)10(2,18)14(22,23)24/h3-9H2,1-2H3. The molecule has 0 saturated carbocycles. The van der Waals surface area contributed by atoms with Crippen molar-refractivity contribution in [1.82, 2.24) is 0 Å². The van der Waals surface area contributed by atoms with Gasteiger partial charge < -0.3 is 0 Å². The fourth-order valence-corrected chi connectivity index (χ4v) is 3.10. The van der Waals surface area contributed by atoms with Crippen LogP contribution < -0.4 is 0 Å². The Bertz CT molecular complexity index is 607. The summed E-state index contributed by atoms with van der Waals surface area (Å²) in [6, 6.07) is 0. The van der Waals surface area contributed by atoms with E-state index in [9.17, 15) is 70.2 Å². The molecule has 0 aromatic carbocycles. The van der Waals surface area contributed by atoms with Gasteiger partial charge in [0.2, 0.25) is 5.67 Å². The second-order valence-corrected chi connectivity index (χ2v) is 7.81. The summed E-state index contributed by atoms with van der Waals surface area (Å²) in [5.41, 5.74) is -14.3. The van der Waals surface area contributed by atoms with E-state index in [4.69, 9.17) is 0 Å². The molecule has 0 aromatic rings. The van der Waals surface area contributed by atoms with Crippen molar-refractivity contribution in [3.05, 3.63) is 0 Å². The van der Waals surface area contributed by atoms with Crippen LogP contribution in [0.15, 0.2) is 0 Å². The van der Waals surface area contributed by atoms with Crippen molar-refractivity contribution in [2.45, 2.75) is 101 Å². The summed E-state index contributed by atoms with van der Waals surface area (Å²) in [6.07, 6.45) is -38.0. The highest BCUT2D eigenvalue weighted by molar-refractivity contribution is 4.98. The monoisotopic (exact) mass is 528 g/mol. The van der Waals surface area contributed by atoms with E-state index in [1.807, 2.05) is 0 Å². The molecule has 0 rings (SSSR count). The number of hydrogen-bond donors (Lipinski definition) is 0. The van der Waals surface area contributed by atoms with E-state index in [1.54, 1.807) is 0 Å². The maximum absolute atomic E-state index is 13.9. The van der Waals surface area contributed by atoms with Crippen LogP contribution in [0.2, 0.25) is 0 Å². The smallest absolute Gasteiger partial charge is 0.234 e. The van der Waals surface area contributed by atoms with Gasteiger partial charge in [-0.25, -0.2) is 17.6 Å². The molecular weight excluding hydrogens is 508 g/mol. The first-order valence-electron chi connectivity index (χ1n) is 9.25. The normalized spacial score (nSPS) is 18.7. The minimum Gasteiger partial charge on any atom is -0.234 e. The van der Waals surface area contributed by atoms with E-state index in [0.29, 0.717) is 6.92 Å². The Morgan fingerprint density at radius 2 is 0.818 bits per heavy atom. The van der Waals surface area contributed by atoms with Crippen LogP contribution in [0.3, 0.4) is 0 Å². The van der Waals surface area contributed by atoms with Gasteiger partial charge in [0.05, 0.1) is 0 Å². The molecule has 0 aromatic heterocycles. The Kier molecular flexibility index (Phi) is 9.17. The van der Waals surface area contributed by atoms with Crippen LogP contribution in [0.5, 0.6) is 0 Å². The van der Waals surface area contributed by atoms with E-state index in [-0.39, 0.29) is 0 Å². The van der Waals surface area contributed by atoms with Crippen molar-refractivity contribution >= 4 is 0 Å². The van der Waals surface area contributed by atoms with Gasteiger partial charge in [0.1, 0.15) is 0 Å². The molecule has 0 heterocycles. The topological polar surface area (TPSA) is 0 Å². The molecule has 2 unspecified atom stereocenters. The number of halogens is 16.